The van der Waals surface area contributed by atoms with Gasteiger partial charge in [-0.3, -0.25) is 19.2 Å². The summed E-state index contributed by atoms with van der Waals surface area (Å²) in [5.74, 6) is 0.0506. The van der Waals surface area contributed by atoms with E-state index in [0.29, 0.717) is 23.5 Å². The molecule has 1 aliphatic heterocycles. The molecule has 2 aromatic carbocycles. The highest BCUT2D eigenvalue weighted by Gasteiger charge is 2.34. The molecule has 0 bridgehead atoms. The first-order chi connectivity index (χ1) is 15.6. The molecule has 5 rings (SSSR count). The van der Waals surface area contributed by atoms with Crippen molar-refractivity contribution in [2.45, 2.75) is 39.2 Å². The smallest absolute Gasteiger partial charge is 0.261 e. The van der Waals surface area contributed by atoms with Gasteiger partial charge < -0.3 is 5.73 Å². The van der Waals surface area contributed by atoms with Gasteiger partial charge in [0.2, 0.25) is 0 Å². The molecule has 0 fully saturated rings. The lowest BCUT2D eigenvalue weighted by Gasteiger charge is -2.14. The van der Waals surface area contributed by atoms with Crippen LogP contribution in [0.5, 0.6) is 0 Å². The van der Waals surface area contributed by atoms with E-state index in [4.69, 9.17) is 10.8 Å². The van der Waals surface area contributed by atoms with Crippen LogP contribution >= 0.6 is 0 Å². The van der Waals surface area contributed by atoms with Crippen LogP contribution in [0.15, 0.2) is 48.5 Å². The Hall–Kier alpha value is -3.74. The number of imide groups is 1. The number of aryl methyl sites for hydroxylation is 2. The number of carbonyl (C=O) groups excluding carboxylic acids is 2. The number of carbonyl (C=O) groups is 2. The topological polar surface area (TPSA) is 94.1 Å². The third kappa shape index (κ3) is 3.21. The summed E-state index contributed by atoms with van der Waals surface area (Å²) in [6.07, 6.45) is 3.30. The molecule has 0 unspecified atom stereocenters. The van der Waals surface area contributed by atoms with Gasteiger partial charge in [-0.2, -0.15) is 5.10 Å². The van der Waals surface area contributed by atoms with E-state index in [1.54, 1.807) is 24.3 Å². The SMILES string of the molecule is CCCn1nc2c(N)nc3ccccc3c2c1CCCCN1C(=O)c2ccccc2C1=O. The Morgan fingerprint density at radius 2 is 1.59 bits per heavy atom. The van der Waals surface area contributed by atoms with Crippen LogP contribution in [0.3, 0.4) is 0 Å². The number of benzene rings is 2. The standard InChI is InChI=1S/C25H25N5O2/c1-2-14-30-20(21-18-11-5-6-12-19(18)27-23(26)22(21)28-30)13-7-8-15-29-24(31)16-9-3-4-10-17(16)25(29)32/h3-6,9-12H,2,7-8,13-15H2,1H3,(H2,26,27). The third-order valence-electron chi connectivity index (χ3n) is 6.07. The van der Waals surface area contributed by atoms with Gasteiger partial charge in [0.05, 0.1) is 16.6 Å². The molecule has 7 heteroatoms. The number of pyridine rings is 1. The second-order valence-corrected chi connectivity index (χ2v) is 8.17. The predicted octanol–water partition coefficient (Wildman–Crippen LogP) is 4.20. The van der Waals surface area contributed by atoms with Crippen molar-refractivity contribution in [3.05, 3.63) is 65.4 Å². The fourth-order valence-corrected chi connectivity index (χ4v) is 4.58. The largest absolute Gasteiger partial charge is 0.382 e. The number of nitrogens with zero attached hydrogens (tertiary/aromatic N) is 4. The molecule has 32 heavy (non-hydrogen) atoms. The van der Waals surface area contributed by atoms with Crippen LogP contribution in [0.4, 0.5) is 5.82 Å². The van der Waals surface area contributed by atoms with Gasteiger partial charge >= 0.3 is 0 Å². The van der Waals surface area contributed by atoms with Gasteiger partial charge in [0.1, 0.15) is 5.52 Å². The second-order valence-electron chi connectivity index (χ2n) is 8.17. The highest BCUT2D eigenvalue weighted by Crippen LogP contribution is 2.31. The molecule has 0 atom stereocenters. The van der Waals surface area contributed by atoms with E-state index in [1.165, 1.54) is 4.90 Å². The molecule has 162 valence electrons. The first-order valence-electron chi connectivity index (χ1n) is 11.1. The zero-order chi connectivity index (χ0) is 22.2. The van der Waals surface area contributed by atoms with Gasteiger partial charge in [0.25, 0.3) is 11.8 Å². The minimum atomic E-state index is -0.197. The maximum atomic E-state index is 12.6. The van der Waals surface area contributed by atoms with E-state index in [-0.39, 0.29) is 11.8 Å². The normalized spacial score (nSPS) is 13.5. The van der Waals surface area contributed by atoms with Gasteiger partial charge in [-0.25, -0.2) is 4.98 Å². The number of nitrogen functional groups attached to an aromatic ring is 1. The van der Waals surface area contributed by atoms with E-state index in [9.17, 15) is 9.59 Å². The van der Waals surface area contributed by atoms with E-state index in [2.05, 4.69) is 18.0 Å². The van der Waals surface area contributed by atoms with Crippen molar-refractivity contribution in [3.63, 3.8) is 0 Å². The highest BCUT2D eigenvalue weighted by molar-refractivity contribution is 6.21. The molecule has 0 saturated carbocycles. The fraction of sp³-hybridized carbons (Fsp3) is 0.280. The maximum Gasteiger partial charge on any atom is 0.261 e. The molecule has 1 aliphatic rings. The predicted molar refractivity (Wildman–Crippen MR) is 124 cm³/mol. The van der Waals surface area contributed by atoms with Crippen LogP contribution in [-0.2, 0) is 13.0 Å². The molecule has 7 nitrogen and oxygen atoms in total. The molecular weight excluding hydrogens is 402 g/mol. The Labute approximate surface area is 185 Å². The molecule has 2 aromatic heterocycles. The summed E-state index contributed by atoms with van der Waals surface area (Å²) in [6, 6.07) is 15.0. The number of nitrogens with two attached hydrogens (primary N) is 1. The first kappa shape index (κ1) is 20.2. The molecule has 0 aliphatic carbocycles. The molecule has 4 aromatic rings. The lowest BCUT2D eigenvalue weighted by atomic mass is 10.0. The van der Waals surface area contributed by atoms with E-state index in [0.717, 1.165) is 59.7 Å². The average molecular weight is 428 g/mol. The molecular formula is C25H25N5O2. The minimum absolute atomic E-state index is 0.197. The minimum Gasteiger partial charge on any atom is -0.382 e. The van der Waals surface area contributed by atoms with Crippen LogP contribution in [0.1, 0.15) is 52.6 Å². The van der Waals surface area contributed by atoms with Gasteiger partial charge in [0.15, 0.2) is 5.82 Å². The number of unbranched alkanes of at least 4 members (excludes halogenated alkanes) is 1. The maximum absolute atomic E-state index is 12.6. The van der Waals surface area contributed by atoms with Gasteiger partial charge in [0, 0.05) is 29.6 Å². The number of rotatable bonds is 7. The van der Waals surface area contributed by atoms with Crippen molar-refractivity contribution in [1.82, 2.24) is 19.7 Å². The summed E-state index contributed by atoms with van der Waals surface area (Å²) in [5, 5.41) is 6.88. The van der Waals surface area contributed by atoms with Crippen LogP contribution in [0, 0.1) is 0 Å². The van der Waals surface area contributed by atoms with Crippen molar-refractivity contribution < 1.29 is 9.59 Å². The Morgan fingerprint density at radius 3 is 2.31 bits per heavy atom. The van der Waals surface area contributed by atoms with Gasteiger partial charge in [-0.15, -0.1) is 0 Å². The molecule has 2 amide bonds. The Balaban J connectivity index is 1.38. The Bertz CT molecular complexity index is 1320. The highest BCUT2D eigenvalue weighted by atomic mass is 16.2. The Kier molecular flexibility index (Phi) is 5.09. The van der Waals surface area contributed by atoms with Crippen LogP contribution in [0.2, 0.25) is 0 Å². The van der Waals surface area contributed by atoms with E-state index in [1.807, 2.05) is 22.9 Å². The van der Waals surface area contributed by atoms with Crippen LogP contribution < -0.4 is 5.73 Å². The van der Waals surface area contributed by atoms with Crippen molar-refractivity contribution in [2.75, 3.05) is 12.3 Å². The first-order valence-corrected chi connectivity index (χ1v) is 11.1. The quantitative estimate of drug-likeness (QED) is 0.352. The van der Waals surface area contributed by atoms with Crippen LogP contribution in [-0.4, -0.2) is 38.0 Å². The van der Waals surface area contributed by atoms with Crippen molar-refractivity contribution in [1.29, 1.82) is 0 Å². The van der Waals surface area contributed by atoms with Crippen molar-refractivity contribution >= 4 is 39.4 Å². The number of fused-ring (bicyclic) bond motifs is 4. The van der Waals surface area contributed by atoms with Crippen molar-refractivity contribution in [3.8, 4) is 0 Å². The second kappa shape index (κ2) is 8.07. The number of para-hydroxylation sites is 1. The summed E-state index contributed by atoms with van der Waals surface area (Å²) in [6.45, 7) is 3.34. The summed E-state index contributed by atoms with van der Waals surface area (Å²) in [7, 11) is 0. The summed E-state index contributed by atoms with van der Waals surface area (Å²) < 4.78 is 2.04. The van der Waals surface area contributed by atoms with Gasteiger partial charge in [-0.05, 0) is 43.9 Å². The molecule has 0 spiro atoms. The molecule has 3 heterocycles. The fourth-order valence-electron chi connectivity index (χ4n) is 4.58. The lowest BCUT2D eigenvalue weighted by molar-refractivity contribution is 0.0651. The van der Waals surface area contributed by atoms with Crippen LogP contribution in [0.25, 0.3) is 21.8 Å². The number of anilines is 1. The average Bonchev–Trinajstić information content (AvgIpc) is 3.28. The van der Waals surface area contributed by atoms with E-state index < -0.39 is 0 Å². The summed E-state index contributed by atoms with van der Waals surface area (Å²) >= 11 is 0. The molecule has 0 saturated heterocycles. The molecule has 0 radical (unpaired) electrons. The zero-order valence-corrected chi connectivity index (χ0v) is 18.0. The summed E-state index contributed by atoms with van der Waals surface area (Å²) in [4.78, 5) is 31.1. The van der Waals surface area contributed by atoms with E-state index >= 15 is 0 Å². The summed E-state index contributed by atoms with van der Waals surface area (Å²) in [5.41, 5.74) is 9.98. The number of hydrogen-bond donors (Lipinski definition) is 1. The lowest BCUT2D eigenvalue weighted by Crippen LogP contribution is -2.30. The number of amides is 2. The number of aromatic nitrogens is 3. The monoisotopic (exact) mass is 427 g/mol. The third-order valence-corrected chi connectivity index (χ3v) is 6.07. The number of hydrogen-bond acceptors (Lipinski definition) is 5. The Morgan fingerprint density at radius 1 is 0.906 bits per heavy atom. The van der Waals surface area contributed by atoms with Crippen molar-refractivity contribution in [2.24, 2.45) is 0 Å². The zero-order valence-electron chi connectivity index (χ0n) is 18.0. The van der Waals surface area contributed by atoms with Gasteiger partial charge in [-0.1, -0.05) is 37.3 Å². The molecule has 2 N–H and O–H groups in total.